The summed E-state index contributed by atoms with van der Waals surface area (Å²) in [4.78, 5) is 26.1. The molecular weight excluding hydrogens is 279 g/mol. The highest BCUT2D eigenvalue weighted by molar-refractivity contribution is 5.83. The van der Waals surface area contributed by atoms with Crippen LogP contribution in [0.2, 0.25) is 0 Å². The number of carbonyl (C=O) groups is 2. The Morgan fingerprint density at radius 3 is 2.81 bits per heavy atom. The maximum absolute atomic E-state index is 13.4. The lowest BCUT2D eigenvalue weighted by Gasteiger charge is -2.39. The number of ether oxygens (including phenoxy) is 2. The van der Waals surface area contributed by atoms with E-state index in [1.165, 1.54) is 11.0 Å². The Labute approximate surface area is 121 Å². The van der Waals surface area contributed by atoms with Gasteiger partial charge in [0.2, 0.25) is 5.91 Å². The molecule has 0 aliphatic carbocycles. The van der Waals surface area contributed by atoms with Crippen LogP contribution in [-0.2, 0) is 9.53 Å². The SMILES string of the molecule is O=C(CN1CCOC1=O)N1CC(Oc2ccccc2F)C1. The standard InChI is InChI=1S/C14H15FN2O4/c15-11-3-1-2-4-12(11)21-10-7-17(8-10)13(18)9-16-5-6-20-14(16)19/h1-4,10H,5-9H2. The quantitative estimate of drug-likeness (QED) is 0.826. The van der Waals surface area contributed by atoms with Crippen molar-refractivity contribution in [2.24, 2.45) is 0 Å². The molecule has 0 N–H and O–H groups in total. The molecule has 3 rings (SSSR count). The summed E-state index contributed by atoms with van der Waals surface area (Å²) < 4.78 is 23.7. The Morgan fingerprint density at radius 1 is 1.38 bits per heavy atom. The number of amides is 2. The maximum atomic E-state index is 13.4. The minimum atomic E-state index is -0.456. The van der Waals surface area contributed by atoms with Crippen LogP contribution in [0.1, 0.15) is 0 Å². The smallest absolute Gasteiger partial charge is 0.410 e. The lowest BCUT2D eigenvalue weighted by Crippen LogP contribution is -2.58. The van der Waals surface area contributed by atoms with E-state index >= 15 is 0 Å². The van der Waals surface area contributed by atoms with Gasteiger partial charge < -0.3 is 14.4 Å². The van der Waals surface area contributed by atoms with Crippen molar-refractivity contribution >= 4 is 12.0 Å². The fraction of sp³-hybridized carbons (Fsp3) is 0.429. The van der Waals surface area contributed by atoms with E-state index in [1.54, 1.807) is 23.1 Å². The predicted octanol–water partition coefficient (Wildman–Crippen LogP) is 0.867. The second-order valence-corrected chi connectivity index (χ2v) is 5.00. The molecule has 1 aromatic rings. The zero-order valence-electron chi connectivity index (χ0n) is 11.3. The third-order valence-corrected chi connectivity index (χ3v) is 3.50. The molecule has 0 saturated carbocycles. The summed E-state index contributed by atoms with van der Waals surface area (Å²) in [6, 6.07) is 6.17. The molecule has 21 heavy (non-hydrogen) atoms. The highest BCUT2D eigenvalue weighted by Gasteiger charge is 2.35. The summed E-state index contributed by atoms with van der Waals surface area (Å²) in [5.41, 5.74) is 0. The van der Waals surface area contributed by atoms with Crippen molar-refractivity contribution in [3.05, 3.63) is 30.1 Å². The van der Waals surface area contributed by atoms with Crippen LogP contribution in [0.25, 0.3) is 0 Å². The first-order valence-electron chi connectivity index (χ1n) is 6.74. The number of nitrogens with zero attached hydrogens (tertiary/aromatic N) is 2. The summed E-state index contributed by atoms with van der Waals surface area (Å²) in [5.74, 6) is -0.373. The summed E-state index contributed by atoms with van der Waals surface area (Å²) in [7, 11) is 0. The fourth-order valence-corrected chi connectivity index (χ4v) is 2.27. The Kier molecular flexibility index (Phi) is 3.64. The zero-order chi connectivity index (χ0) is 14.8. The van der Waals surface area contributed by atoms with Gasteiger partial charge in [-0.15, -0.1) is 0 Å². The molecule has 2 fully saturated rings. The van der Waals surface area contributed by atoms with Crippen LogP contribution in [0.3, 0.4) is 0 Å². The van der Waals surface area contributed by atoms with E-state index in [4.69, 9.17) is 9.47 Å². The Balaban J connectivity index is 1.46. The molecule has 0 spiro atoms. The second kappa shape index (κ2) is 5.59. The number of para-hydroxylation sites is 1. The third-order valence-electron chi connectivity index (χ3n) is 3.50. The summed E-state index contributed by atoms with van der Waals surface area (Å²) in [5, 5.41) is 0. The van der Waals surface area contributed by atoms with E-state index in [2.05, 4.69) is 0 Å². The Bertz CT molecular complexity index is 560. The monoisotopic (exact) mass is 294 g/mol. The first-order chi connectivity index (χ1) is 10.1. The average molecular weight is 294 g/mol. The number of likely N-dealkylation sites (tertiary alicyclic amines) is 1. The maximum Gasteiger partial charge on any atom is 0.410 e. The van der Waals surface area contributed by atoms with Crippen LogP contribution >= 0.6 is 0 Å². The van der Waals surface area contributed by atoms with Gasteiger partial charge in [-0.2, -0.15) is 0 Å². The number of cyclic esters (lactones) is 1. The molecule has 2 amide bonds. The third kappa shape index (κ3) is 2.91. The summed E-state index contributed by atoms with van der Waals surface area (Å²) in [6.45, 7) is 1.58. The molecule has 7 heteroatoms. The van der Waals surface area contributed by atoms with Crippen LogP contribution in [0.15, 0.2) is 24.3 Å². The van der Waals surface area contributed by atoms with Crippen molar-refractivity contribution < 1.29 is 23.5 Å². The van der Waals surface area contributed by atoms with Crippen LogP contribution in [0, 0.1) is 5.82 Å². The van der Waals surface area contributed by atoms with Crippen LogP contribution in [0.5, 0.6) is 5.75 Å². The molecule has 1 aromatic carbocycles. The molecule has 2 saturated heterocycles. The van der Waals surface area contributed by atoms with E-state index in [9.17, 15) is 14.0 Å². The molecule has 0 atom stereocenters. The molecule has 0 radical (unpaired) electrons. The second-order valence-electron chi connectivity index (χ2n) is 5.00. The van der Waals surface area contributed by atoms with Gasteiger partial charge in [-0.3, -0.25) is 9.69 Å². The number of carbonyl (C=O) groups excluding carboxylic acids is 2. The van der Waals surface area contributed by atoms with Gasteiger partial charge in [0.15, 0.2) is 11.6 Å². The Morgan fingerprint density at radius 2 is 2.14 bits per heavy atom. The minimum Gasteiger partial charge on any atom is -0.484 e. The number of benzene rings is 1. The molecule has 0 bridgehead atoms. The van der Waals surface area contributed by atoms with E-state index in [-0.39, 0.29) is 24.3 Å². The Hall–Kier alpha value is -2.31. The van der Waals surface area contributed by atoms with Crippen LogP contribution in [-0.4, -0.2) is 60.7 Å². The van der Waals surface area contributed by atoms with Crippen molar-refractivity contribution in [2.45, 2.75) is 6.10 Å². The van der Waals surface area contributed by atoms with Gasteiger partial charge in [-0.25, -0.2) is 9.18 Å². The van der Waals surface area contributed by atoms with Gasteiger partial charge in [0, 0.05) is 0 Å². The van der Waals surface area contributed by atoms with Gasteiger partial charge in [0.05, 0.1) is 19.6 Å². The molecule has 2 aliphatic rings. The first kappa shape index (κ1) is 13.7. The van der Waals surface area contributed by atoms with Gasteiger partial charge in [0.25, 0.3) is 0 Å². The topological polar surface area (TPSA) is 59.1 Å². The van der Waals surface area contributed by atoms with Crippen molar-refractivity contribution in [3.8, 4) is 5.75 Å². The van der Waals surface area contributed by atoms with Crippen molar-refractivity contribution in [1.82, 2.24) is 9.80 Å². The highest BCUT2D eigenvalue weighted by Crippen LogP contribution is 2.21. The summed E-state index contributed by atoms with van der Waals surface area (Å²) in [6.07, 6.45) is -0.667. The molecular formula is C14H15FN2O4. The van der Waals surface area contributed by atoms with Gasteiger partial charge >= 0.3 is 6.09 Å². The molecule has 112 valence electrons. The van der Waals surface area contributed by atoms with Crippen LogP contribution in [0.4, 0.5) is 9.18 Å². The number of halogens is 1. The lowest BCUT2D eigenvalue weighted by molar-refractivity contribution is -0.140. The van der Waals surface area contributed by atoms with Crippen molar-refractivity contribution in [3.63, 3.8) is 0 Å². The van der Waals surface area contributed by atoms with Gasteiger partial charge in [0.1, 0.15) is 19.3 Å². The van der Waals surface area contributed by atoms with Gasteiger partial charge in [-0.1, -0.05) is 12.1 Å². The fourth-order valence-electron chi connectivity index (χ4n) is 2.27. The van der Waals surface area contributed by atoms with E-state index in [0.29, 0.717) is 26.2 Å². The average Bonchev–Trinajstić information content (AvgIpc) is 2.81. The molecule has 2 heterocycles. The minimum absolute atomic E-state index is 0.0191. The zero-order valence-corrected chi connectivity index (χ0v) is 11.3. The van der Waals surface area contributed by atoms with Crippen LogP contribution < -0.4 is 4.74 Å². The molecule has 0 unspecified atom stereocenters. The normalized spacial score (nSPS) is 18.4. The summed E-state index contributed by atoms with van der Waals surface area (Å²) >= 11 is 0. The van der Waals surface area contributed by atoms with Crippen molar-refractivity contribution in [2.75, 3.05) is 32.8 Å². The number of hydrogen-bond donors (Lipinski definition) is 0. The number of rotatable bonds is 4. The highest BCUT2D eigenvalue weighted by atomic mass is 19.1. The lowest BCUT2D eigenvalue weighted by atomic mass is 10.1. The predicted molar refractivity (Wildman–Crippen MR) is 70.3 cm³/mol. The first-order valence-corrected chi connectivity index (χ1v) is 6.74. The molecule has 2 aliphatic heterocycles. The van der Waals surface area contributed by atoms with E-state index in [1.807, 2.05) is 0 Å². The molecule has 0 aromatic heterocycles. The van der Waals surface area contributed by atoms with E-state index < -0.39 is 11.9 Å². The molecule has 6 nitrogen and oxygen atoms in total. The van der Waals surface area contributed by atoms with Gasteiger partial charge in [-0.05, 0) is 12.1 Å². The largest absolute Gasteiger partial charge is 0.484 e. The van der Waals surface area contributed by atoms with Crippen molar-refractivity contribution in [1.29, 1.82) is 0 Å². The number of hydrogen-bond acceptors (Lipinski definition) is 4. The van der Waals surface area contributed by atoms with E-state index in [0.717, 1.165) is 0 Å².